The molecule has 0 aliphatic carbocycles. The Morgan fingerprint density at radius 1 is 1.29 bits per heavy atom. The number of halogens is 1. The third-order valence-electron chi connectivity index (χ3n) is 5.26. The van der Waals surface area contributed by atoms with Gasteiger partial charge in [0.1, 0.15) is 5.82 Å². The molecule has 1 saturated heterocycles. The number of rotatable bonds is 3. The van der Waals surface area contributed by atoms with Crippen molar-refractivity contribution in [2.24, 2.45) is 5.73 Å². The van der Waals surface area contributed by atoms with Crippen molar-refractivity contribution in [1.82, 2.24) is 14.7 Å². The van der Waals surface area contributed by atoms with Crippen LogP contribution in [0.4, 0.5) is 4.39 Å². The van der Waals surface area contributed by atoms with Crippen LogP contribution in [0.5, 0.6) is 0 Å². The average molecular weight is 396 g/mol. The summed E-state index contributed by atoms with van der Waals surface area (Å²) in [5.41, 5.74) is 8.42. The Morgan fingerprint density at radius 3 is 2.86 bits per heavy atom. The van der Waals surface area contributed by atoms with Crippen LogP contribution in [0.15, 0.2) is 42.6 Å². The molecule has 2 atom stereocenters. The molecule has 1 aliphatic rings. The molecular weight excluding hydrogens is 379 g/mol. The lowest BCUT2D eigenvalue weighted by molar-refractivity contribution is 0.100. The summed E-state index contributed by atoms with van der Waals surface area (Å²) in [4.78, 5) is 16.6. The normalized spacial score (nSPS) is 19.6. The number of nitrogens with two attached hydrogens (primary N) is 1. The zero-order valence-corrected chi connectivity index (χ0v) is 15.5. The summed E-state index contributed by atoms with van der Waals surface area (Å²) >= 11 is 1.42. The first-order chi connectivity index (χ1) is 13.5. The van der Waals surface area contributed by atoms with Gasteiger partial charge in [0.2, 0.25) is 5.91 Å². The Balaban J connectivity index is 1.55. The van der Waals surface area contributed by atoms with Gasteiger partial charge in [0, 0.05) is 36.3 Å². The van der Waals surface area contributed by atoms with Crippen LogP contribution in [0.2, 0.25) is 0 Å². The van der Waals surface area contributed by atoms with Gasteiger partial charge in [-0.15, -0.1) is 0 Å². The summed E-state index contributed by atoms with van der Waals surface area (Å²) in [6, 6.07) is 10.3. The van der Waals surface area contributed by atoms with Crippen molar-refractivity contribution in [1.29, 1.82) is 0 Å². The number of aliphatic hydroxyl groups excluding tert-OH is 1. The number of hydrogen-bond donors (Lipinski definition) is 3. The van der Waals surface area contributed by atoms with Crippen molar-refractivity contribution in [3.8, 4) is 11.3 Å². The number of β-amino-alcohol motifs (C(OH)–C–C–N with tert-alkyl or cyclic N) is 1. The van der Waals surface area contributed by atoms with Crippen molar-refractivity contribution < 1.29 is 14.3 Å². The fourth-order valence-corrected chi connectivity index (χ4v) is 4.81. The van der Waals surface area contributed by atoms with Gasteiger partial charge in [-0.05, 0) is 35.9 Å². The summed E-state index contributed by atoms with van der Waals surface area (Å²) in [6.45, 7) is 1.16. The number of amides is 1. The average Bonchev–Trinajstić information content (AvgIpc) is 3.35. The minimum Gasteiger partial charge on any atom is -0.391 e. The molecule has 1 aliphatic heterocycles. The van der Waals surface area contributed by atoms with Crippen LogP contribution in [0.1, 0.15) is 21.8 Å². The van der Waals surface area contributed by atoms with E-state index in [-0.39, 0.29) is 11.7 Å². The third kappa shape index (κ3) is 2.69. The van der Waals surface area contributed by atoms with Crippen molar-refractivity contribution in [2.75, 3.05) is 13.1 Å². The summed E-state index contributed by atoms with van der Waals surface area (Å²) in [5.74, 6) is -0.932. The maximum absolute atomic E-state index is 14.8. The minimum atomic E-state index is -0.500. The summed E-state index contributed by atoms with van der Waals surface area (Å²) in [6.07, 6.45) is 1.29. The topological polar surface area (TPSA) is 92.7 Å². The molecule has 0 bridgehead atoms. The number of imidazole rings is 1. The second-order valence-electron chi connectivity index (χ2n) is 7.00. The minimum absolute atomic E-state index is 0.0996. The SMILES string of the molecule is NC(=O)c1ccc2c(c1)sc1nc(-c3ccc([C@H]4CNC[C@@H]4O)cc3F)cn12. The Labute approximate surface area is 163 Å². The number of hydrogen-bond acceptors (Lipinski definition) is 5. The predicted molar refractivity (Wildman–Crippen MR) is 106 cm³/mol. The number of aliphatic hydroxyl groups is 1. The van der Waals surface area contributed by atoms with Crippen molar-refractivity contribution >= 4 is 32.4 Å². The number of benzene rings is 2. The second-order valence-corrected chi connectivity index (χ2v) is 8.01. The van der Waals surface area contributed by atoms with Crippen LogP contribution in [0.25, 0.3) is 26.4 Å². The molecule has 142 valence electrons. The highest BCUT2D eigenvalue weighted by Crippen LogP contribution is 2.32. The maximum Gasteiger partial charge on any atom is 0.248 e. The zero-order valence-electron chi connectivity index (χ0n) is 14.7. The van der Waals surface area contributed by atoms with Gasteiger partial charge in [0.15, 0.2) is 4.96 Å². The van der Waals surface area contributed by atoms with E-state index >= 15 is 0 Å². The van der Waals surface area contributed by atoms with E-state index in [0.29, 0.717) is 34.9 Å². The number of carbonyl (C=O) groups excluding carboxylic acids is 1. The first kappa shape index (κ1) is 17.3. The van der Waals surface area contributed by atoms with E-state index < -0.39 is 12.0 Å². The lowest BCUT2D eigenvalue weighted by Crippen LogP contribution is -2.16. The first-order valence-electron chi connectivity index (χ1n) is 8.91. The van der Waals surface area contributed by atoms with Crippen molar-refractivity contribution in [3.63, 3.8) is 0 Å². The summed E-state index contributed by atoms with van der Waals surface area (Å²) < 4.78 is 17.6. The fourth-order valence-electron chi connectivity index (χ4n) is 3.76. The number of fused-ring (bicyclic) bond motifs is 3. The van der Waals surface area contributed by atoms with Gasteiger partial charge in [-0.25, -0.2) is 9.37 Å². The van der Waals surface area contributed by atoms with Crippen LogP contribution in [-0.4, -0.2) is 39.6 Å². The van der Waals surface area contributed by atoms with Crippen LogP contribution in [-0.2, 0) is 0 Å². The van der Waals surface area contributed by atoms with Crippen molar-refractivity contribution in [3.05, 3.63) is 59.5 Å². The highest BCUT2D eigenvalue weighted by Gasteiger charge is 2.27. The third-order valence-corrected chi connectivity index (χ3v) is 6.28. The molecular formula is C20H17FN4O2S. The predicted octanol–water partition coefficient (Wildman–Crippen LogP) is 2.50. The molecule has 0 unspecified atom stereocenters. The van der Waals surface area contributed by atoms with Gasteiger partial charge in [-0.2, -0.15) is 0 Å². The number of nitrogens with one attached hydrogen (secondary N) is 1. The molecule has 2 aromatic heterocycles. The standard InChI is InChI=1S/C20H17FN4O2S/c21-14-5-10(13-7-23-8-17(13)26)1-3-12(14)15-9-25-16-4-2-11(19(22)27)6-18(16)28-20(25)24-15/h1-6,9,13,17,23,26H,7-8H2,(H2,22,27)/t13-,17+/m1/s1. The smallest absolute Gasteiger partial charge is 0.248 e. The molecule has 1 fully saturated rings. The van der Waals surface area contributed by atoms with Gasteiger partial charge in [0.05, 0.1) is 22.0 Å². The molecule has 5 rings (SSSR count). The van der Waals surface area contributed by atoms with Crippen LogP contribution in [0, 0.1) is 5.82 Å². The molecule has 2 aromatic carbocycles. The van der Waals surface area contributed by atoms with E-state index in [1.807, 2.05) is 16.5 Å². The van der Waals surface area contributed by atoms with Crippen molar-refractivity contribution in [2.45, 2.75) is 12.0 Å². The van der Waals surface area contributed by atoms with Crippen LogP contribution >= 0.6 is 11.3 Å². The van der Waals surface area contributed by atoms with Gasteiger partial charge < -0.3 is 16.2 Å². The lowest BCUT2D eigenvalue weighted by atomic mass is 9.94. The molecule has 0 radical (unpaired) electrons. The van der Waals surface area contributed by atoms with Gasteiger partial charge in [0.25, 0.3) is 0 Å². The summed E-state index contributed by atoms with van der Waals surface area (Å²) in [7, 11) is 0. The van der Waals surface area contributed by atoms with Crippen LogP contribution in [0.3, 0.4) is 0 Å². The number of primary amides is 1. The number of carbonyl (C=O) groups is 1. The van der Waals surface area contributed by atoms with E-state index in [9.17, 15) is 14.3 Å². The molecule has 4 N–H and O–H groups in total. The van der Waals surface area contributed by atoms with E-state index in [2.05, 4.69) is 10.3 Å². The molecule has 8 heteroatoms. The molecule has 6 nitrogen and oxygen atoms in total. The van der Waals surface area contributed by atoms with E-state index in [1.54, 1.807) is 24.4 Å². The Bertz CT molecular complexity index is 1230. The van der Waals surface area contributed by atoms with Crippen LogP contribution < -0.4 is 11.1 Å². The highest BCUT2D eigenvalue weighted by atomic mass is 32.1. The molecule has 28 heavy (non-hydrogen) atoms. The van der Waals surface area contributed by atoms with Gasteiger partial charge >= 0.3 is 0 Å². The van der Waals surface area contributed by atoms with E-state index in [1.165, 1.54) is 17.4 Å². The first-order valence-corrected chi connectivity index (χ1v) is 9.73. The number of thiazole rings is 1. The Hall–Kier alpha value is -2.81. The molecule has 0 saturated carbocycles. The molecule has 1 amide bonds. The molecule has 3 heterocycles. The highest BCUT2D eigenvalue weighted by molar-refractivity contribution is 7.23. The Kier molecular flexibility index (Phi) is 3.94. The molecule has 0 spiro atoms. The quantitative estimate of drug-likeness (QED) is 0.496. The largest absolute Gasteiger partial charge is 0.391 e. The lowest BCUT2D eigenvalue weighted by Gasteiger charge is -2.14. The van der Waals surface area contributed by atoms with E-state index in [4.69, 9.17) is 5.73 Å². The number of aromatic nitrogens is 2. The Morgan fingerprint density at radius 2 is 2.14 bits per heavy atom. The van der Waals surface area contributed by atoms with E-state index in [0.717, 1.165) is 15.8 Å². The maximum atomic E-state index is 14.8. The fraction of sp³-hybridized carbons (Fsp3) is 0.200. The van der Waals surface area contributed by atoms with Gasteiger partial charge in [-0.3, -0.25) is 9.20 Å². The monoisotopic (exact) mass is 396 g/mol. The number of nitrogens with zero attached hydrogens (tertiary/aromatic N) is 2. The molecule has 4 aromatic rings. The zero-order chi connectivity index (χ0) is 19.4. The van der Waals surface area contributed by atoms with Gasteiger partial charge in [-0.1, -0.05) is 17.4 Å². The summed E-state index contributed by atoms with van der Waals surface area (Å²) in [5, 5.41) is 13.1. The second kappa shape index (κ2) is 6.37.